The molecule has 0 atom stereocenters. The van der Waals surface area contributed by atoms with Crippen LogP contribution < -0.4 is 5.32 Å². The molecule has 2 aromatic carbocycles. The average Bonchev–Trinajstić information content (AvgIpc) is 3.04. The van der Waals surface area contributed by atoms with E-state index < -0.39 is 0 Å². The number of aryl methyl sites for hydroxylation is 1. The van der Waals surface area contributed by atoms with E-state index in [1.807, 2.05) is 17.1 Å². The first kappa shape index (κ1) is 13.4. The van der Waals surface area contributed by atoms with Crippen LogP contribution in [0.15, 0.2) is 61.2 Å². The van der Waals surface area contributed by atoms with E-state index in [0.29, 0.717) is 0 Å². The van der Waals surface area contributed by atoms with Crippen molar-refractivity contribution in [2.45, 2.75) is 20.4 Å². The zero-order valence-electron chi connectivity index (χ0n) is 12.4. The highest BCUT2D eigenvalue weighted by Gasteiger charge is 2.01. The van der Waals surface area contributed by atoms with E-state index in [0.717, 1.165) is 12.2 Å². The highest BCUT2D eigenvalue weighted by atomic mass is 15.0. The van der Waals surface area contributed by atoms with Gasteiger partial charge in [-0.3, -0.25) is 0 Å². The Bertz CT molecular complexity index is 713. The molecule has 0 aliphatic heterocycles. The van der Waals surface area contributed by atoms with Gasteiger partial charge in [0.1, 0.15) is 0 Å². The Morgan fingerprint density at radius 1 is 1.05 bits per heavy atom. The molecule has 0 fully saturated rings. The van der Waals surface area contributed by atoms with E-state index in [1.54, 1.807) is 6.20 Å². The van der Waals surface area contributed by atoms with Crippen molar-refractivity contribution < 1.29 is 0 Å². The Morgan fingerprint density at radius 2 is 1.86 bits per heavy atom. The van der Waals surface area contributed by atoms with Gasteiger partial charge in [0, 0.05) is 30.3 Å². The molecule has 0 unspecified atom stereocenters. The third-order valence-corrected chi connectivity index (χ3v) is 3.83. The van der Waals surface area contributed by atoms with Crippen molar-refractivity contribution in [2.75, 3.05) is 5.32 Å². The molecule has 0 bridgehead atoms. The molecule has 0 saturated heterocycles. The Balaban J connectivity index is 1.70. The molecule has 0 aliphatic rings. The maximum absolute atomic E-state index is 4.07. The fourth-order valence-electron chi connectivity index (χ4n) is 2.34. The Hall–Kier alpha value is -2.55. The molecule has 1 aromatic heterocycles. The summed E-state index contributed by atoms with van der Waals surface area (Å²) >= 11 is 0. The summed E-state index contributed by atoms with van der Waals surface area (Å²) in [6.45, 7) is 5.12. The summed E-state index contributed by atoms with van der Waals surface area (Å²) in [5.74, 6) is 0. The fourth-order valence-corrected chi connectivity index (χ4v) is 2.34. The van der Waals surface area contributed by atoms with Crippen molar-refractivity contribution in [3.8, 4) is 5.69 Å². The molecule has 0 amide bonds. The van der Waals surface area contributed by atoms with E-state index in [2.05, 4.69) is 66.6 Å². The molecule has 1 heterocycles. The van der Waals surface area contributed by atoms with Crippen LogP contribution in [0.1, 0.15) is 16.7 Å². The third kappa shape index (κ3) is 2.97. The lowest BCUT2D eigenvalue weighted by atomic mass is 10.1. The number of imidazole rings is 1. The minimum absolute atomic E-state index is 0.828. The third-order valence-electron chi connectivity index (χ3n) is 3.83. The molecule has 0 aliphatic carbocycles. The number of aromatic nitrogens is 2. The van der Waals surface area contributed by atoms with Gasteiger partial charge in [-0.2, -0.15) is 0 Å². The standard InChI is InChI=1S/C18H19N3/c1-14-4-3-5-18(15(14)2)20-12-16-6-8-17(9-7-16)21-11-10-19-13-21/h3-11,13,20H,12H2,1-2H3. The van der Waals surface area contributed by atoms with Crippen molar-refractivity contribution in [1.29, 1.82) is 0 Å². The van der Waals surface area contributed by atoms with Gasteiger partial charge in [-0.05, 0) is 48.7 Å². The molecule has 3 aromatic rings. The number of hydrogen-bond acceptors (Lipinski definition) is 2. The van der Waals surface area contributed by atoms with Crippen molar-refractivity contribution in [3.63, 3.8) is 0 Å². The molecule has 0 saturated carbocycles. The molecular weight excluding hydrogens is 258 g/mol. The van der Waals surface area contributed by atoms with E-state index in [1.165, 1.54) is 22.4 Å². The van der Waals surface area contributed by atoms with Gasteiger partial charge in [-0.1, -0.05) is 24.3 Å². The Morgan fingerprint density at radius 3 is 2.57 bits per heavy atom. The number of benzene rings is 2. The lowest BCUT2D eigenvalue weighted by molar-refractivity contribution is 1.05. The molecule has 0 spiro atoms. The molecule has 106 valence electrons. The highest BCUT2D eigenvalue weighted by molar-refractivity contribution is 5.54. The van der Waals surface area contributed by atoms with Crippen LogP contribution in [-0.4, -0.2) is 9.55 Å². The smallest absolute Gasteiger partial charge is 0.0991 e. The van der Waals surface area contributed by atoms with Crippen molar-refractivity contribution in [3.05, 3.63) is 77.9 Å². The van der Waals surface area contributed by atoms with Crippen LogP contribution >= 0.6 is 0 Å². The first-order chi connectivity index (χ1) is 10.2. The monoisotopic (exact) mass is 277 g/mol. The van der Waals surface area contributed by atoms with Gasteiger partial charge in [-0.15, -0.1) is 0 Å². The van der Waals surface area contributed by atoms with Crippen LogP contribution in [-0.2, 0) is 6.54 Å². The van der Waals surface area contributed by atoms with Crippen LogP contribution in [0.4, 0.5) is 5.69 Å². The topological polar surface area (TPSA) is 29.9 Å². The first-order valence-electron chi connectivity index (χ1n) is 7.11. The largest absolute Gasteiger partial charge is 0.381 e. The molecule has 21 heavy (non-hydrogen) atoms. The predicted molar refractivity (Wildman–Crippen MR) is 86.8 cm³/mol. The summed E-state index contributed by atoms with van der Waals surface area (Å²) in [6.07, 6.45) is 5.54. The summed E-state index contributed by atoms with van der Waals surface area (Å²) in [6, 6.07) is 14.9. The van der Waals surface area contributed by atoms with Crippen LogP contribution in [0, 0.1) is 13.8 Å². The second kappa shape index (κ2) is 5.83. The van der Waals surface area contributed by atoms with Crippen molar-refractivity contribution in [1.82, 2.24) is 9.55 Å². The number of anilines is 1. The van der Waals surface area contributed by atoms with Gasteiger partial charge in [0.15, 0.2) is 0 Å². The van der Waals surface area contributed by atoms with Gasteiger partial charge in [0.2, 0.25) is 0 Å². The summed E-state index contributed by atoms with van der Waals surface area (Å²) in [7, 11) is 0. The van der Waals surface area contributed by atoms with E-state index in [-0.39, 0.29) is 0 Å². The zero-order chi connectivity index (χ0) is 14.7. The van der Waals surface area contributed by atoms with Gasteiger partial charge >= 0.3 is 0 Å². The van der Waals surface area contributed by atoms with E-state index >= 15 is 0 Å². The maximum atomic E-state index is 4.07. The molecule has 3 heteroatoms. The number of hydrogen-bond donors (Lipinski definition) is 1. The molecule has 3 nitrogen and oxygen atoms in total. The molecule has 0 radical (unpaired) electrons. The Labute approximate surface area is 125 Å². The number of nitrogens with zero attached hydrogens (tertiary/aromatic N) is 2. The maximum Gasteiger partial charge on any atom is 0.0991 e. The number of rotatable bonds is 4. The quantitative estimate of drug-likeness (QED) is 0.778. The second-order valence-electron chi connectivity index (χ2n) is 5.24. The second-order valence-corrected chi connectivity index (χ2v) is 5.24. The summed E-state index contributed by atoms with van der Waals surface area (Å²) in [4.78, 5) is 4.07. The predicted octanol–water partition coefficient (Wildman–Crippen LogP) is 4.10. The summed E-state index contributed by atoms with van der Waals surface area (Å²) in [5, 5.41) is 3.51. The van der Waals surface area contributed by atoms with Crippen molar-refractivity contribution >= 4 is 5.69 Å². The van der Waals surface area contributed by atoms with Crippen LogP contribution in [0.2, 0.25) is 0 Å². The molecule has 1 N–H and O–H groups in total. The van der Waals surface area contributed by atoms with Gasteiger partial charge < -0.3 is 9.88 Å². The average molecular weight is 277 g/mol. The zero-order valence-corrected chi connectivity index (χ0v) is 12.4. The van der Waals surface area contributed by atoms with E-state index in [9.17, 15) is 0 Å². The normalized spacial score (nSPS) is 10.6. The van der Waals surface area contributed by atoms with E-state index in [4.69, 9.17) is 0 Å². The Kier molecular flexibility index (Phi) is 3.73. The van der Waals surface area contributed by atoms with Gasteiger partial charge in [-0.25, -0.2) is 4.98 Å². The van der Waals surface area contributed by atoms with Crippen LogP contribution in [0.3, 0.4) is 0 Å². The van der Waals surface area contributed by atoms with Crippen LogP contribution in [0.25, 0.3) is 5.69 Å². The highest BCUT2D eigenvalue weighted by Crippen LogP contribution is 2.19. The van der Waals surface area contributed by atoms with Crippen molar-refractivity contribution in [2.24, 2.45) is 0 Å². The van der Waals surface area contributed by atoms with Gasteiger partial charge in [0.05, 0.1) is 6.33 Å². The SMILES string of the molecule is Cc1cccc(NCc2ccc(-n3ccnc3)cc2)c1C. The van der Waals surface area contributed by atoms with Crippen LogP contribution in [0.5, 0.6) is 0 Å². The lowest BCUT2D eigenvalue weighted by Gasteiger charge is -2.12. The molecular formula is C18H19N3. The number of nitrogens with one attached hydrogen (secondary N) is 1. The fraction of sp³-hybridized carbons (Fsp3) is 0.167. The molecule has 3 rings (SSSR count). The lowest BCUT2D eigenvalue weighted by Crippen LogP contribution is -2.02. The first-order valence-corrected chi connectivity index (χ1v) is 7.11. The minimum Gasteiger partial charge on any atom is -0.381 e. The summed E-state index contributed by atoms with van der Waals surface area (Å²) in [5.41, 5.74) is 6.22. The minimum atomic E-state index is 0.828. The van der Waals surface area contributed by atoms with Gasteiger partial charge in [0.25, 0.3) is 0 Å². The summed E-state index contributed by atoms with van der Waals surface area (Å²) < 4.78 is 2.00.